The first-order chi connectivity index (χ1) is 12.6. The summed E-state index contributed by atoms with van der Waals surface area (Å²) in [6, 6.07) is 13.7. The Labute approximate surface area is 155 Å². The van der Waals surface area contributed by atoms with Gasteiger partial charge >= 0.3 is 0 Å². The number of benzene rings is 2. The highest BCUT2D eigenvalue weighted by Gasteiger charge is 2.10. The van der Waals surface area contributed by atoms with E-state index in [-0.39, 0.29) is 19.0 Å². The second-order valence-electron chi connectivity index (χ2n) is 5.24. The Balaban J connectivity index is 0.00000163. The van der Waals surface area contributed by atoms with E-state index in [9.17, 15) is 9.90 Å². The van der Waals surface area contributed by atoms with Gasteiger partial charge in [0.1, 0.15) is 24.7 Å². The molecule has 0 aliphatic carbocycles. The van der Waals surface area contributed by atoms with Crippen molar-refractivity contribution in [3.05, 3.63) is 59.7 Å². The van der Waals surface area contributed by atoms with Gasteiger partial charge in [0.2, 0.25) is 0 Å². The highest BCUT2D eigenvalue weighted by Crippen LogP contribution is 2.18. The van der Waals surface area contributed by atoms with Crippen LogP contribution in [0.4, 0.5) is 0 Å². The van der Waals surface area contributed by atoms with Gasteiger partial charge < -0.3 is 14.6 Å². The zero-order valence-electron chi connectivity index (χ0n) is 15.6. The largest absolute Gasteiger partial charge is 0.491 e. The molecule has 0 amide bonds. The lowest BCUT2D eigenvalue weighted by Gasteiger charge is -2.10. The minimum atomic E-state index is -0.485. The second kappa shape index (κ2) is 11.7. The van der Waals surface area contributed by atoms with E-state index in [1.807, 2.05) is 20.8 Å². The topological polar surface area (TPSA) is 55.8 Å². The number of ether oxygens (including phenoxy) is 2. The Morgan fingerprint density at radius 3 is 1.88 bits per heavy atom. The standard InChI is InChI=1S/C20H20O4.C2H6/c1-3-13-23-18-9-5-15(6-10-18)20(22)16-7-11-19(12-8-16)24-14-17(21)4-2;1-2/h1,5-12,17,21H,4,13-14H2,2H3;1-2H3. The molecule has 138 valence electrons. The number of carbonyl (C=O) groups is 1. The number of terminal acetylenes is 1. The molecular weight excluding hydrogens is 328 g/mol. The minimum absolute atomic E-state index is 0.0846. The van der Waals surface area contributed by atoms with Gasteiger partial charge in [0.05, 0.1) is 6.10 Å². The van der Waals surface area contributed by atoms with Gasteiger partial charge in [0, 0.05) is 11.1 Å². The van der Waals surface area contributed by atoms with Crippen molar-refractivity contribution in [2.75, 3.05) is 13.2 Å². The predicted molar refractivity (Wildman–Crippen MR) is 104 cm³/mol. The number of carbonyl (C=O) groups excluding carboxylic acids is 1. The van der Waals surface area contributed by atoms with E-state index < -0.39 is 6.10 Å². The molecule has 0 radical (unpaired) electrons. The Morgan fingerprint density at radius 2 is 1.46 bits per heavy atom. The van der Waals surface area contributed by atoms with Crippen LogP contribution in [0, 0.1) is 12.3 Å². The molecule has 0 aliphatic heterocycles. The molecule has 0 saturated heterocycles. The van der Waals surface area contributed by atoms with Crippen LogP contribution in [-0.2, 0) is 0 Å². The molecule has 4 heteroatoms. The number of aliphatic hydroxyl groups is 1. The first-order valence-corrected chi connectivity index (χ1v) is 8.76. The average Bonchev–Trinajstić information content (AvgIpc) is 2.72. The molecule has 0 aliphatic rings. The summed E-state index contributed by atoms with van der Waals surface area (Å²) in [6.45, 7) is 6.32. The van der Waals surface area contributed by atoms with Crippen molar-refractivity contribution in [2.45, 2.75) is 33.3 Å². The van der Waals surface area contributed by atoms with E-state index in [0.29, 0.717) is 29.0 Å². The highest BCUT2D eigenvalue weighted by atomic mass is 16.5. The van der Waals surface area contributed by atoms with Gasteiger partial charge in [-0.05, 0) is 55.0 Å². The Morgan fingerprint density at radius 1 is 1.00 bits per heavy atom. The molecule has 4 nitrogen and oxygen atoms in total. The maximum atomic E-state index is 12.4. The third kappa shape index (κ3) is 6.62. The number of hydrogen-bond acceptors (Lipinski definition) is 4. The summed E-state index contributed by atoms with van der Waals surface area (Å²) in [5.41, 5.74) is 1.13. The van der Waals surface area contributed by atoms with Gasteiger partial charge in [-0.25, -0.2) is 0 Å². The van der Waals surface area contributed by atoms with Crippen molar-refractivity contribution in [3.8, 4) is 23.8 Å². The lowest BCUT2D eigenvalue weighted by molar-refractivity contribution is 0.103. The van der Waals surface area contributed by atoms with E-state index >= 15 is 0 Å². The summed E-state index contributed by atoms with van der Waals surface area (Å²) in [4.78, 5) is 12.4. The first-order valence-electron chi connectivity index (χ1n) is 8.76. The molecule has 0 spiro atoms. The van der Waals surface area contributed by atoms with Gasteiger partial charge in [-0.1, -0.05) is 26.7 Å². The molecule has 26 heavy (non-hydrogen) atoms. The fraction of sp³-hybridized carbons (Fsp3) is 0.318. The zero-order valence-corrected chi connectivity index (χ0v) is 15.6. The molecule has 0 bridgehead atoms. The van der Waals surface area contributed by atoms with Crippen LogP contribution in [0.3, 0.4) is 0 Å². The lowest BCUT2D eigenvalue weighted by Crippen LogP contribution is -2.16. The third-order valence-corrected chi connectivity index (χ3v) is 3.47. The molecule has 0 heterocycles. The SMILES string of the molecule is C#CCOc1ccc(C(=O)c2ccc(OCC(O)CC)cc2)cc1.CC. The summed E-state index contributed by atoms with van der Waals surface area (Å²) in [5, 5.41) is 9.49. The summed E-state index contributed by atoms with van der Waals surface area (Å²) < 4.78 is 10.7. The van der Waals surface area contributed by atoms with Crippen molar-refractivity contribution in [1.29, 1.82) is 0 Å². The zero-order chi connectivity index (χ0) is 19.4. The highest BCUT2D eigenvalue weighted by molar-refractivity contribution is 6.09. The van der Waals surface area contributed by atoms with Crippen molar-refractivity contribution in [3.63, 3.8) is 0 Å². The summed E-state index contributed by atoms with van der Waals surface area (Å²) >= 11 is 0. The second-order valence-corrected chi connectivity index (χ2v) is 5.24. The third-order valence-electron chi connectivity index (χ3n) is 3.47. The van der Waals surface area contributed by atoms with Crippen LogP contribution in [0.5, 0.6) is 11.5 Å². The van der Waals surface area contributed by atoms with Crippen molar-refractivity contribution in [2.24, 2.45) is 0 Å². The molecule has 1 N–H and O–H groups in total. The van der Waals surface area contributed by atoms with E-state index in [1.165, 1.54) is 0 Å². The van der Waals surface area contributed by atoms with Crippen LogP contribution >= 0.6 is 0 Å². The summed E-state index contributed by atoms with van der Waals surface area (Å²) in [5.74, 6) is 3.55. The first kappa shape index (κ1) is 21.3. The van der Waals surface area contributed by atoms with Crippen LogP contribution < -0.4 is 9.47 Å². The van der Waals surface area contributed by atoms with Gasteiger partial charge in [-0.2, -0.15) is 0 Å². The monoisotopic (exact) mass is 354 g/mol. The fourth-order valence-electron chi connectivity index (χ4n) is 2.01. The maximum absolute atomic E-state index is 12.4. The summed E-state index contributed by atoms with van der Waals surface area (Å²) in [7, 11) is 0. The average molecular weight is 354 g/mol. The van der Waals surface area contributed by atoms with Crippen LogP contribution in [0.1, 0.15) is 43.1 Å². The summed E-state index contributed by atoms with van der Waals surface area (Å²) in [6.07, 6.45) is 5.29. The van der Waals surface area contributed by atoms with E-state index in [0.717, 1.165) is 0 Å². The number of hydrogen-bond donors (Lipinski definition) is 1. The Hall–Kier alpha value is -2.77. The number of ketones is 1. The molecule has 0 aromatic heterocycles. The van der Waals surface area contributed by atoms with E-state index in [4.69, 9.17) is 15.9 Å². The molecule has 2 rings (SSSR count). The fourth-order valence-corrected chi connectivity index (χ4v) is 2.01. The molecule has 0 fully saturated rings. The van der Waals surface area contributed by atoms with Gasteiger partial charge in [-0.15, -0.1) is 6.42 Å². The van der Waals surface area contributed by atoms with E-state index in [1.54, 1.807) is 48.5 Å². The molecular formula is C22H26O4. The van der Waals surface area contributed by atoms with Gasteiger partial charge in [0.15, 0.2) is 5.78 Å². The molecule has 1 atom stereocenters. The Kier molecular flexibility index (Phi) is 9.59. The van der Waals surface area contributed by atoms with Gasteiger partial charge in [-0.3, -0.25) is 4.79 Å². The minimum Gasteiger partial charge on any atom is -0.491 e. The molecule has 2 aromatic carbocycles. The lowest BCUT2D eigenvalue weighted by atomic mass is 10.0. The normalized spacial score (nSPS) is 10.7. The van der Waals surface area contributed by atoms with Crippen LogP contribution in [0.2, 0.25) is 0 Å². The van der Waals surface area contributed by atoms with Crippen molar-refractivity contribution in [1.82, 2.24) is 0 Å². The van der Waals surface area contributed by atoms with Crippen LogP contribution in [0.25, 0.3) is 0 Å². The van der Waals surface area contributed by atoms with Crippen LogP contribution in [-0.4, -0.2) is 30.2 Å². The maximum Gasteiger partial charge on any atom is 0.193 e. The molecule has 1 unspecified atom stereocenters. The quantitative estimate of drug-likeness (QED) is 0.573. The Bertz CT molecular complexity index is 696. The van der Waals surface area contributed by atoms with E-state index in [2.05, 4.69) is 5.92 Å². The number of rotatable bonds is 8. The number of aliphatic hydroxyl groups excluding tert-OH is 1. The smallest absolute Gasteiger partial charge is 0.193 e. The molecule has 2 aromatic rings. The predicted octanol–water partition coefficient (Wildman–Crippen LogP) is 4.11. The van der Waals surface area contributed by atoms with Gasteiger partial charge in [0.25, 0.3) is 0 Å². The van der Waals surface area contributed by atoms with Crippen molar-refractivity contribution >= 4 is 5.78 Å². The molecule has 0 saturated carbocycles. The van der Waals surface area contributed by atoms with Crippen LogP contribution in [0.15, 0.2) is 48.5 Å². The van der Waals surface area contributed by atoms with Crippen molar-refractivity contribution < 1.29 is 19.4 Å².